The maximum Gasteiger partial charge on any atom is 0.180 e. The maximum atomic E-state index is 12.4. The highest BCUT2D eigenvalue weighted by molar-refractivity contribution is 6.36. The molecule has 3 rings (SSSR count). The fourth-order valence-corrected chi connectivity index (χ4v) is 2.75. The molecule has 0 aromatic heterocycles. The Labute approximate surface area is 133 Å². The van der Waals surface area contributed by atoms with Gasteiger partial charge in [-0.05, 0) is 24.6 Å². The Kier molecular flexibility index (Phi) is 3.90. The molecule has 0 unspecified atom stereocenters. The summed E-state index contributed by atoms with van der Waals surface area (Å²) in [6.45, 7) is 2.17. The van der Waals surface area contributed by atoms with Crippen molar-refractivity contribution in [2.24, 2.45) is 10.9 Å². The van der Waals surface area contributed by atoms with Gasteiger partial charge in [0.2, 0.25) is 0 Å². The second kappa shape index (κ2) is 5.85. The minimum atomic E-state index is -0.773. The topological polar surface area (TPSA) is 46.5 Å². The van der Waals surface area contributed by atoms with Gasteiger partial charge < -0.3 is 0 Å². The van der Waals surface area contributed by atoms with Gasteiger partial charge in [-0.15, -0.1) is 0 Å². The molecule has 0 N–H and O–H groups in total. The molecule has 0 heterocycles. The molecule has 0 bridgehead atoms. The summed E-state index contributed by atoms with van der Waals surface area (Å²) in [4.78, 5) is 29.2. The molecule has 22 heavy (non-hydrogen) atoms. The molecule has 0 atom stereocenters. The molecule has 0 amide bonds. The number of rotatable bonds is 3. The quantitative estimate of drug-likeness (QED) is 0.635. The molecule has 0 radical (unpaired) electrons. The van der Waals surface area contributed by atoms with E-state index in [9.17, 15) is 9.59 Å². The van der Waals surface area contributed by atoms with E-state index in [4.69, 9.17) is 11.6 Å². The van der Waals surface area contributed by atoms with Crippen LogP contribution >= 0.6 is 11.6 Å². The van der Waals surface area contributed by atoms with Crippen LogP contribution in [0.3, 0.4) is 0 Å². The van der Waals surface area contributed by atoms with Crippen molar-refractivity contribution in [3.63, 3.8) is 0 Å². The van der Waals surface area contributed by atoms with Crippen molar-refractivity contribution in [1.29, 1.82) is 0 Å². The molecule has 110 valence electrons. The van der Waals surface area contributed by atoms with E-state index in [1.54, 1.807) is 43.3 Å². The Morgan fingerprint density at radius 1 is 1.00 bits per heavy atom. The lowest BCUT2D eigenvalue weighted by Gasteiger charge is -2.07. The minimum absolute atomic E-state index is 0.155. The fraction of sp³-hybridized carbons (Fsp3) is 0.167. The van der Waals surface area contributed by atoms with Crippen molar-refractivity contribution in [2.75, 3.05) is 0 Å². The monoisotopic (exact) mass is 311 g/mol. The second-order valence-electron chi connectivity index (χ2n) is 5.29. The molecule has 1 aliphatic rings. The number of carbonyl (C=O) groups is 2. The van der Waals surface area contributed by atoms with Gasteiger partial charge >= 0.3 is 0 Å². The first-order valence-corrected chi connectivity index (χ1v) is 7.38. The van der Waals surface area contributed by atoms with Gasteiger partial charge in [-0.2, -0.15) is 0 Å². The molecule has 0 saturated heterocycles. The summed E-state index contributed by atoms with van der Waals surface area (Å²) >= 11 is 5.84. The average molecular weight is 312 g/mol. The van der Waals surface area contributed by atoms with Gasteiger partial charge in [0.05, 0.1) is 6.54 Å². The molecule has 0 fully saturated rings. The van der Waals surface area contributed by atoms with E-state index < -0.39 is 5.92 Å². The first-order valence-electron chi connectivity index (χ1n) is 7.01. The van der Waals surface area contributed by atoms with Gasteiger partial charge in [-0.25, -0.2) is 0 Å². The van der Waals surface area contributed by atoms with Crippen molar-refractivity contribution >= 4 is 28.9 Å². The van der Waals surface area contributed by atoms with Gasteiger partial charge in [0, 0.05) is 21.9 Å². The zero-order valence-electron chi connectivity index (χ0n) is 12.0. The molecule has 2 aromatic carbocycles. The second-order valence-corrected chi connectivity index (χ2v) is 5.73. The highest BCUT2D eigenvalue weighted by atomic mass is 35.5. The summed E-state index contributed by atoms with van der Waals surface area (Å²) in [6.07, 6.45) is 0. The number of hydrogen-bond acceptors (Lipinski definition) is 3. The lowest BCUT2D eigenvalue weighted by atomic mass is 9.99. The predicted molar refractivity (Wildman–Crippen MR) is 86.9 cm³/mol. The number of Topliss-reactive ketones (excluding diaryl/α,β-unsaturated/α-hetero) is 2. The maximum absolute atomic E-state index is 12.4. The van der Waals surface area contributed by atoms with Crippen molar-refractivity contribution in [2.45, 2.75) is 13.5 Å². The molecular weight excluding hydrogens is 298 g/mol. The molecule has 0 spiro atoms. The van der Waals surface area contributed by atoms with E-state index in [0.29, 0.717) is 28.4 Å². The van der Waals surface area contributed by atoms with E-state index in [0.717, 1.165) is 5.56 Å². The van der Waals surface area contributed by atoms with Crippen LogP contribution in [0.15, 0.2) is 53.5 Å². The molecule has 4 heteroatoms. The van der Waals surface area contributed by atoms with Crippen molar-refractivity contribution < 1.29 is 9.59 Å². The Morgan fingerprint density at radius 2 is 1.55 bits per heavy atom. The van der Waals surface area contributed by atoms with Crippen LogP contribution in [0.1, 0.15) is 33.2 Å². The van der Waals surface area contributed by atoms with Gasteiger partial charge in [-0.1, -0.05) is 48.0 Å². The van der Waals surface area contributed by atoms with Crippen LogP contribution < -0.4 is 0 Å². The van der Waals surface area contributed by atoms with E-state index in [2.05, 4.69) is 4.99 Å². The summed E-state index contributed by atoms with van der Waals surface area (Å²) in [5, 5.41) is 0.668. The van der Waals surface area contributed by atoms with Crippen LogP contribution in [0.5, 0.6) is 0 Å². The highest BCUT2D eigenvalue weighted by Crippen LogP contribution is 2.27. The number of fused-ring (bicyclic) bond motifs is 1. The van der Waals surface area contributed by atoms with Crippen LogP contribution in [0, 0.1) is 5.92 Å². The lowest BCUT2D eigenvalue weighted by molar-refractivity contribution is 0.0883. The molecule has 2 aromatic rings. The highest BCUT2D eigenvalue weighted by Gasteiger charge is 2.39. The fourth-order valence-electron chi connectivity index (χ4n) is 2.62. The first-order chi connectivity index (χ1) is 10.6. The Balaban J connectivity index is 1.82. The SMILES string of the molecule is CC(=NCc1ccc(Cl)cc1)C1C(=O)c2ccccc2C1=O. The molecule has 0 saturated carbocycles. The van der Waals surface area contributed by atoms with E-state index in [1.807, 2.05) is 12.1 Å². The van der Waals surface area contributed by atoms with E-state index in [1.165, 1.54) is 0 Å². The minimum Gasteiger partial charge on any atom is -0.293 e. The number of carbonyl (C=O) groups excluding carboxylic acids is 2. The van der Waals surface area contributed by atoms with Crippen molar-refractivity contribution in [3.8, 4) is 0 Å². The van der Waals surface area contributed by atoms with Crippen molar-refractivity contribution in [1.82, 2.24) is 0 Å². The number of nitrogens with zero attached hydrogens (tertiary/aromatic N) is 1. The number of ketones is 2. The molecule has 0 aliphatic heterocycles. The molecule has 3 nitrogen and oxygen atoms in total. The predicted octanol–water partition coefficient (Wildman–Crippen LogP) is 4.00. The van der Waals surface area contributed by atoms with Gasteiger partial charge in [-0.3, -0.25) is 14.6 Å². The number of aliphatic imine (C=N–C) groups is 1. The number of halogens is 1. The lowest BCUT2D eigenvalue weighted by Crippen LogP contribution is -2.23. The number of benzene rings is 2. The van der Waals surface area contributed by atoms with E-state index >= 15 is 0 Å². The average Bonchev–Trinajstić information content (AvgIpc) is 2.79. The van der Waals surface area contributed by atoms with Gasteiger partial charge in [0.15, 0.2) is 11.6 Å². The van der Waals surface area contributed by atoms with E-state index in [-0.39, 0.29) is 11.6 Å². The van der Waals surface area contributed by atoms with Crippen molar-refractivity contribution in [3.05, 3.63) is 70.2 Å². The standard InChI is InChI=1S/C18H14ClNO2/c1-11(20-10-12-6-8-13(19)9-7-12)16-17(21)14-4-2-3-5-15(14)18(16)22/h2-9,16H,10H2,1H3. The first kappa shape index (κ1) is 14.7. The van der Waals surface area contributed by atoms with Crippen LogP contribution in [0.25, 0.3) is 0 Å². The Hall–Kier alpha value is -2.26. The van der Waals surface area contributed by atoms with Gasteiger partial charge in [0.1, 0.15) is 5.92 Å². The van der Waals surface area contributed by atoms with Crippen LogP contribution in [-0.2, 0) is 6.54 Å². The summed E-state index contributed by atoms with van der Waals surface area (Å²) in [7, 11) is 0. The van der Waals surface area contributed by atoms with Crippen LogP contribution in [0.2, 0.25) is 5.02 Å². The Morgan fingerprint density at radius 3 is 2.09 bits per heavy atom. The van der Waals surface area contributed by atoms with Crippen LogP contribution in [0.4, 0.5) is 0 Å². The summed E-state index contributed by atoms with van der Waals surface area (Å²) in [5.41, 5.74) is 2.54. The summed E-state index contributed by atoms with van der Waals surface area (Å²) in [5.74, 6) is -1.08. The largest absolute Gasteiger partial charge is 0.293 e. The number of hydrogen-bond donors (Lipinski definition) is 0. The summed E-state index contributed by atoms with van der Waals surface area (Å²) < 4.78 is 0. The third kappa shape index (κ3) is 2.60. The third-order valence-electron chi connectivity index (χ3n) is 3.82. The zero-order valence-corrected chi connectivity index (χ0v) is 12.8. The molecular formula is C18H14ClNO2. The smallest absolute Gasteiger partial charge is 0.180 e. The van der Waals surface area contributed by atoms with Gasteiger partial charge in [0.25, 0.3) is 0 Å². The van der Waals surface area contributed by atoms with Crippen LogP contribution in [-0.4, -0.2) is 17.3 Å². The normalized spacial score (nSPS) is 15.3. The third-order valence-corrected chi connectivity index (χ3v) is 4.08. The summed E-state index contributed by atoms with van der Waals surface area (Å²) in [6, 6.07) is 14.3. The Bertz CT molecular complexity index is 743. The zero-order chi connectivity index (χ0) is 15.7. The molecule has 1 aliphatic carbocycles.